The number of ether oxygens (including phenoxy) is 1. The van der Waals surface area contributed by atoms with Crippen LogP contribution in [0.3, 0.4) is 0 Å². The summed E-state index contributed by atoms with van der Waals surface area (Å²) in [5, 5.41) is 3.34. The predicted octanol–water partition coefficient (Wildman–Crippen LogP) is 5.29. The van der Waals surface area contributed by atoms with E-state index in [1.807, 2.05) is 54.6 Å². The van der Waals surface area contributed by atoms with Crippen molar-refractivity contribution in [2.45, 2.75) is 44.2 Å². The number of hydrogen-bond acceptors (Lipinski definition) is 3. The Hall–Kier alpha value is -3.60. The number of aromatic nitrogens is 2. The summed E-state index contributed by atoms with van der Waals surface area (Å²) in [4.78, 5) is 18.8. The maximum absolute atomic E-state index is 13.8. The molecule has 1 unspecified atom stereocenters. The van der Waals surface area contributed by atoms with Crippen molar-refractivity contribution in [1.82, 2.24) is 14.9 Å². The third kappa shape index (κ3) is 3.67. The average molecular weight is 438 g/mol. The van der Waals surface area contributed by atoms with Crippen LogP contribution in [0.1, 0.15) is 42.9 Å². The van der Waals surface area contributed by atoms with Crippen LogP contribution in [0.15, 0.2) is 72.8 Å². The Morgan fingerprint density at radius 1 is 1.00 bits per heavy atom. The molecule has 166 valence electrons. The number of nitrogens with zero attached hydrogens (tertiary/aromatic N) is 2. The van der Waals surface area contributed by atoms with E-state index in [-0.39, 0.29) is 11.9 Å². The molecule has 5 nitrogen and oxygen atoms in total. The second kappa shape index (κ2) is 8.39. The molecule has 2 aliphatic rings. The lowest BCUT2D eigenvalue weighted by atomic mass is 10.0. The lowest BCUT2D eigenvalue weighted by Crippen LogP contribution is -2.39. The van der Waals surface area contributed by atoms with Crippen molar-refractivity contribution < 1.29 is 9.53 Å². The van der Waals surface area contributed by atoms with E-state index in [0.717, 1.165) is 53.0 Å². The monoisotopic (exact) mass is 437 g/mol. The molecule has 1 fully saturated rings. The molecule has 0 bridgehead atoms. The molecule has 33 heavy (non-hydrogen) atoms. The summed E-state index contributed by atoms with van der Waals surface area (Å²) >= 11 is 0. The quantitative estimate of drug-likeness (QED) is 0.462. The Kier molecular flexibility index (Phi) is 5.10. The van der Waals surface area contributed by atoms with Crippen LogP contribution in [0.25, 0.3) is 22.4 Å². The number of fused-ring (bicyclic) bond motifs is 2. The van der Waals surface area contributed by atoms with Crippen LogP contribution in [-0.4, -0.2) is 28.1 Å². The molecule has 0 spiro atoms. The summed E-state index contributed by atoms with van der Waals surface area (Å²) < 4.78 is 7.83. The zero-order chi connectivity index (χ0) is 22.2. The molecule has 4 aromatic rings. The molecule has 1 N–H and O–H groups in total. The van der Waals surface area contributed by atoms with Crippen molar-refractivity contribution >= 4 is 16.9 Å². The van der Waals surface area contributed by atoms with Crippen molar-refractivity contribution in [1.29, 1.82) is 0 Å². The molecule has 1 aromatic heterocycles. The number of carbonyl (C=O) groups is 1. The van der Waals surface area contributed by atoms with Gasteiger partial charge >= 0.3 is 0 Å². The normalized spacial score (nSPS) is 16.5. The molecule has 1 amide bonds. The molecule has 1 aliphatic heterocycles. The van der Waals surface area contributed by atoms with Gasteiger partial charge in [0.25, 0.3) is 0 Å². The fraction of sp³-hybridized carbons (Fsp3) is 0.286. The number of carbonyl (C=O) groups excluding carboxylic acids is 1. The Morgan fingerprint density at radius 3 is 2.64 bits per heavy atom. The average Bonchev–Trinajstić information content (AvgIpc) is 3.60. The van der Waals surface area contributed by atoms with Gasteiger partial charge in [-0.15, -0.1) is 0 Å². The van der Waals surface area contributed by atoms with Crippen molar-refractivity contribution in [2.75, 3.05) is 6.61 Å². The smallest absolute Gasteiger partial charge is 0.248 e. The van der Waals surface area contributed by atoms with Crippen LogP contribution in [0.4, 0.5) is 0 Å². The zero-order valence-corrected chi connectivity index (χ0v) is 18.5. The second-order valence-corrected chi connectivity index (χ2v) is 9.02. The molecule has 0 saturated heterocycles. The van der Waals surface area contributed by atoms with Crippen molar-refractivity contribution in [3.63, 3.8) is 0 Å². The minimum absolute atomic E-state index is 0.0296. The van der Waals surface area contributed by atoms with E-state index >= 15 is 0 Å². The van der Waals surface area contributed by atoms with E-state index in [2.05, 4.69) is 28.1 Å². The number of amides is 1. The summed E-state index contributed by atoms with van der Waals surface area (Å²) in [5.41, 5.74) is 5.00. The molecule has 0 radical (unpaired) electrons. The van der Waals surface area contributed by atoms with Gasteiger partial charge in [-0.1, -0.05) is 55.3 Å². The van der Waals surface area contributed by atoms with Gasteiger partial charge in [0.2, 0.25) is 5.91 Å². The van der Waals surface area contributed by atoms with E-state index in [0.29, 0.717) is 6.61 Å². The maximum atomic E-state index is 13.8. The first-order valence-corrected chi connectivity index (χ1v) is 11.9. The highest BCUT2D eigenvalue weighted by atomic mass is 16.5. The molecule has 1 atom stereocenters. The molecule has 3 aromatic carbocycles. The maximum Gasteiger partial charge on any atom is 0.248 e. The predicted molar refractivity (Wildman–Crippen MR) is 129 cm³/mol. The van der Waals surface area contributed by atoms with Crippen LogP contribution in [-0.2, 0) is 11.2 Å². The Morgan fingerprint density at radius 2 is 1.79 bits per heavy atom. The topological polar surface area (TPSA) is 56.2 Å². The fourth-order valence-electron chi connectivity index (χ4n) is 5.24. The summed E-state index contributed by atoms with van der Waals surface area (Å²) in [6.45, 7) is 0.714. The lowest BCUT2D eigenvalue weighted by molar-refractivity contribution is -0.123. The lowest BCUT2D eigenvalue weighted by Gasteiger charge is -2.24. The summed E-state index contributed by atoms with van der Waals surface area (Å²) in [7, 11) is 0. The number of para-hydroxylation sites is 2. The van der Waals surface area contributed by atoms with Crippen LogP contribution in [0, 0.1) is 0 Å². The molecule has 1 aliphatic carbocycles. The third-order valence-corrected chi connectivity index (χ3v) is 6.87. The van der Waals surface area contributed by atoms with E-state index < -0.39 is 6.04 Å². The third-order valence-electron chi connectivity index (χ3n) is 6.87. The highest BCUT2D eigenvalue weighted by Crippen LogP contribution is 2.35. The van der Waals surface area contributed by atoms with Crippen LogP contribution in [0.5, 0.6) is 5.75 Å². The highest BCUT2D eigenvalue weighted by Gasteiger charge is 2.30. The first-order valence-electron chi connectivity index (χ1n) is 11.9. The van der Waals surface area contributed by atoms with Gasteiger partial charge in [0, 0.05) is 18.0 Å². The number of benzene rings is 3. The molecule has 6 rings (SSSR count). The van der Waals surface area contributed by atoms with Gasteiger partial charge < -0.3 is 14.6 Å². The molecule has 2 heterocycles. The van der Waals surface area contributed by atoms with Crippen LogP contribution in [0.2, 0.25) is 0 Å². The van der Waals surface area contributed by atoms with Gasteiger partial charge in [0.15, 0.2) is 0 Å². The van der Waals surface area contributed by atoms with Gasteiger partial charge in [0.05, 0.1) is 17.6 Å². The van der Waals surface area contributed by atoms with Gasteiger partial charge in [-0.05, 0) is 54.3 Å². The SMILES string of the molecule is O=C(NC1CCCC1)C(c1ccccc1)n1c(-c2ccc3c(c2)CCO3)nc2ccccc21. The fourth-order valence-corrected chi connectivity index (χ4v) is 5.24. The molecule has 1 saturated carbocycles. The minimum atomic E-state index is -0.501. The first-order chi connectivity index (χ1) is 16.3. The van der Waals surface area contributed by atoms with Gasteiger partial charge in [-0.25, -0.2) is 4.98 Å². The Labute approximate surface area is 193 Å². The highest BCUT2D eigenvalue weighted by molar-refractivity contribution is 5.89. The van der Waals surface area contributed by atoms with E-state index in [1.165, 1.54) is 18.4 Å². The van der Waals surface area contributed by atoms with Crippen LogP contribution >= 0.6 is 0 Å². The van der Waals surface area contributed by atoms with Crippen molar-refractivity contribution in [3.05, 3.63) is 83.9 Å². The minimum Gasteiger partial charge on any atom is -0.493 e. The first kappa shape index (κ1) is 20.0. The number of imidazole rings is 1. The van der Waals surface area contributed by atoms with E-state index in [4.69, 9.17) is 9.72 Å². The standard InChI is InChI=1S/C28H27N3O2/c32-28(29-22-10-4-5-11-22)26(19-8-2-1-3-9-19)31-24-13-7-6-12-23(24)30-27(31)21-14-15-25-20(18-21)16-17-33-25/h1-3,6-9,12-15,18,22,26H,4-5,10-11,16-17H2,(H,29,32). The summed E-state index contributed by atoms with van der Waals surface area (Å²) in [6.07, 6.45) is 5.35. The second-order valence-electron chi connectivity index (χ2n) is 9.02. The van der Waals surface area contributed by atoms with E-state index in [9.17, 15) is 4.79 Å². The Balaban J connectivity index is 1.53. The van der Waals surface area contributed by atoms with Gasteiger partial charge in [-0.2, -0.15) is 0 Å². The molecular formula is C28H27N3O2. The van der Waals surface area contributed by atoms with Gasteiger partial charge in [0.1, 0.15) is 17.6 Å². The molecule has 5 heteroatoms. The largest absolute Gasteiger partial charge is 0.493 e. The summed E-state index contributed by atoms with van der Waals surface area (Å²) in [6, 6.07) is 24.1. The molecular weight excluding hydrogens is 410 g/mol. The number of nitrogens with one attached hydrogen (secondary N) is 1. The Bertz CT molecular complexity index is 1310. The van der Waals surface area contributed by atoms with E-state index in [1.54, 1.807) is 0 Å². The van der Waals surface area contributed by atoms with Crippen molar-refractivity contribution in [3.8, 4) is 17.1 Å². The van der Waals surface area contributed by atoms with Gasteiger partial charge in [-0.3, -0.25) is 4.79 Å². The zero-order valence-electron chi connectivity index (χ0n) is 18.5. The van der Waals surface area contributed by atoms with Crippen molar-refractivity contribution in [2.24, 2.45) is 0 Å². The van der Waals surface area contributed by atoms with Crippen LogP contribution < -0.4 is 10.1 Å². The summed E-state index contributed by atoms with van der Waals surface area (Å²) in [5.74, 6) is 1.78. The number of rotatable bonds is 5. The number of hydrogen-bond donors (Lipinski definition) is 1.